The Balaban J connectivity index is 1.40. The van der Waals surface area contributed by atoms with Gasteiger partial charge in [0.05, 0.1) is 16.7 Å². The molecule has 2 aromatic heterocycles. The molecule has 0 bridgehead atoms. The van der Waals surface area contributed by atoms with E-state index in [0.717, 1.165) is 44.2 Å². The molecule has 0 saturated carbocycles. The van der Waals surface area contributed by atoms with Crippen molar-refractivity contribution in [2.24, 2.45) is 0 Å². The number of rotatable bonds is 5. The first-order valence-corrected chi connectivity index (χ1v) is 14.5. The minimum atomic E-state index is -0.528. The molecule has 6 aromatic rings. The van der Waals surface area contributed by atoms with Crippen LogP contribution in [-0.4, -0.2) is 38.3 Å². The van der Waals surface area contributed by atoms with Crippen LogP contribution in [0.4, 0.5) is 0 Å². The van der Waals surface area contributed by atoms with E-state index in [1.165, 1.54) is 0 Å². The van der Waals surface area contributed by atoms with Crippen LogP contribution >= 0.6 is 0 Å². The van der Waals surface area contributed by atoms with Crippen molar-refractivity contribution >= 4 is 23.5 Å². The highest BCUT2D eigenvalue weighted by Crippen LogP contribution is 2.39. The molecule has 6 nitrogen and oxygen atoms in total. The van der Waals surface area contributed by atoms with Crippen molar-refractivity contribution in [2.45, 2.75) is 38.9 Å². The molecular weight excluding hydrogens is 531 g/mol. The zero-order valence-corrected chi connectivity index (χ0v) is 24.7. The highest BCUT2D eigenvalue weighted by molar-refractivity contribution is 6.64. The molecule has 0 amide bonds. The second-order valence-corrected chi connectivity index (χ2v) is 11.8. The fourth-order valence-corrected chi connectivity index (χ4v) is 5.41. The smallest absolute Gasteiger partial charge is 0.399 e. The average Bonchev–Trinajstić information content (AvgIpc) is 3.27. The van der Waals surface area contributed by atoms with Gasteiger partial charge in [-0.05, 0) is 62.5 Å². The molecule has 7 rings (SSSR count). The van der Waals surface area contributed by atoms with Gasteiger partial charge in [0.15, 0.2) is 17.5 Å². The largest absolute Gasteiger partial charge is 0.495 e. The first-order valence-electron chi connectivity index (χ1n) is 14.5. The van der Waals surface area contributed by atoms with Crippen LogP contribution in [0.1, 0.15) is 27.7 Å². The molecule has 4 aromatic carbocycles. The summed E-state index contributed by atoms with van der Waals surface area (Å²) in [4.78, 5) is 19.4. The van der Waals surface area contributed by atoms with E-state index in [9.17, 15) is 0 Å². The van der Waals surface area contributed by atoms with Gasteiger partial charge < -0.3 is 9.31 Å². The van der Waals surface area contributed by atoms with Gasteiger partial charge in [-0.2, -0.15) is 0 Å². The van der Waals surface area contributed by atoms with Gasteiger partial charge in [-0.15, -0.1) is 0 Å². The maximum Gasteiger partial charge on any atom is 0.495 e. The number of fused-ring (bicyclic) bond motifs is 1. The molecule has 1 saturated heterocycles. The second kappa shape index (κ2) is 10.5. The lowest BCUT2D eigenvalue weighted by molar-refractivity contribution is 0.00578. The van der Waals surface area contributed by atoms with Crippen LogP contribution in [0.25, 0.3) is 56.2 Å². The summed E-state index contributed by atoms with van der Waals surface area (Å²) in [5.41, 5.74) is 5.71. The lowest BCUT2D eigenvalue weighted by Crippen LogP contribution is -2.41. The molecule has 1 aliphatic rings. The maximum atomic E-state index is 6.53. The number of benzene rings is 4. The van der Waals surface area contributed by atoms with Crippen LogP contribution in [0, 0.1) is 0 Å². The number of pyridine rings is 1. The molecule has 0 unspecified atom stereocenters. The van der Waals surface area contributed by atoms with Crippen LogP contribution < -0.4 is 5.46 Å². The van der Waals surface area contributed by atoms with E-state index in [1.807, 2.05) is 91.1 Å². The van der Waals surface area contributed by atoms with E-state index in [2.05, 4.69) is 56.9 Å². The fourth-order valence-electron chi connectivity index (χ4n) is 5.41. The van der Waals surface area contributed by atoms with Crippen LogP contribution in [0.3, 0.4) is 0 Å². The molecule has 210 valence electrons. The van der Waals surface area contributed by atoms with E-state index in [0.29, 0.717) is 17.5 Å². The molecule has 7 heteroatoms. The summed E-state index contributed by atoms with van der Waals surface area (Å²) in [5.74, 6) is 1.86. The van der Waals surface area contributed by atoms with Crippen LogP contribution in [0.15, 0.2) is 115 Å². The Morgan fingerprint density at radius 2 is 1.07 bits per heavy atom. The summed E-state index contributed by atoms with van der Waals surface area (Å²) in [5, 5.41) is 1.03. The van der Waals surface area contributed by atoms with Crippen molar-refractivity contribution in [1.29, 1.82) is 0 Å². The van der Waals surface area contributed by atoms with Crippen molar-refractivity contribution in [2.75, 3.05) is 0 Å². The van der Waals surface area contributed by atoms with E-state index in [1.54, 1.807) is 0 Å². The summed E-state index contributed by atoms with van der Waals surface area (Å²) in [6.07, 6.45) is 1.82. The molecular formula is C36H31BN4O2. The molecule has 0 spiro atoms. The first kappa shape index (κ1) is 27.1. The Morgan fingerprint density at radius 1 is 0.535 bits per heavy atom. The monoisotopic (exact) mass is 562 g/mol. The van der Waals surface area contributed by atoms with Gasteiger partial charge in [0.2, 0.25) is 0 Å². The third-order valence-electron chi connectivity index (χ3n) is 8.43. The third kappa shape index (κ3) is 5.01. The molecule has 1 aliphatic heterocycles. The highest BCUT2D eigenvalue weighted by Gasteiger charge is 2.52. The second-order valence-electron chi connectivity index (χ2n) is 11.8. The summed E-state index contributed by atoms with van der Waals surface area (Å²) in [6, 6.07) is 36.5. The highest BCUT2D eigenvalue weighted by atomic mass is 16.7. The number of nitrogens with zero attached hydrogens (tertiary/aromatic N) is 4. The molecule has 43 heavy (non-hydrogen) atoms. The minimum Gasteiger partial charge on any atom is -0.399 e. The zero-order valence-electron chi connectivity index (χ0n) is 24.7. The molecule has 1 fully saturated rings. The molecule has 0 radical (unpaired) electrons. The van der Waals surface area contributed by atoms with Crippen molar-refractivity contribution in [3.8, 4) is 45.3 Å². The van der Waals surface area contributed by atoms with E-state index >= 15 is 0 Å². The first-order chi connectivity index (χ1) is 20.8. The topological polar surface area (TPSA) is 70.0 Å². The summed E-state index contributed by atoms with van der Waals surface area (Å²) in [6.45, 7) is 8.30. The van der Waals surface area contributed by atoms with Gasteiger partial charge in [-0.3, -0.25) is 4.98 Å². The molecule has 0 atom stereocenters. The fraction of sp³-hybridized carbons (Fsp3) is 0.167. The number of hydrogen-bond acceptors (Lipinski definition) is 6. The molecule has 3 heterocycles. The van der Waals surface area contributed by atoms with Gasteiger partial charge >= 0.3 is 7.12 Å². The Hall–Kier alpha value is -4.72. The zero-order chi connectivity index (χ0) is 29.6. The van der Waals surface area contributed by atoms with Gasteiger partial charge in [-0.1, -0.05) is 91.0 Å². The average molecular weight is 562 g/mol. The number of aromatic nitrogens is 4. The lowest BCUT2D eigenvalue weighted by Gasteiger charge is -2.32. The Labute approximate surface area is 252 Å². The Bertz CT molecular complexity index is 1870. The minimum absolute atomic E-state index is 0.465. The van der Waals surface area contributed by atoms with Crippen molar-refractivity contribution in [3.05, 3.63) is 115 Å². The predicted octanol–water partition coefficient (Wildman–Crippen LogP) is 7.39. The summed E-state index contributed by atoms with van der Waals surface area (Å²) in [7, 11) is -0.528. The number of hydrogen-bond donors (Lipinski definition) is 0. The summed E-state index contributed by atoms with van der Waals surface area (Å²) < 4.78 is 13.1. The SMILES string of the molecule is CC1(C)OB(c2ccc3ncccc3c2-c2cccc(-c3nc(-c4ccccc4)nc(-c4ccccc4)n3)c2)OC1(C)C. The van der Waals surface area contributed by atoms with Crippen LogP contribution in [0.2, 0.25) is 0 Å². The normalized spacial score (nSPS) is 15.6. The van der Waals surface area contributed by atoms with E-state index in [-0.39, 0.29) is 0 Å². The lowest BCUT2D eigenvalue weighted by atomic mass is 9.73. The Kier molecular flexibility index (Phi) is 6.64. The van der Waals surface area contributed by atoms with Crippen LogP contribution in [-0.2, 0) is 9.31 Å². The van der Waals surface area contributed by atoms with Gasteiger partial charge in [0, 0.05) is 28.3 Å². The van der Waals surface area contributed by atoms with E-state index < -0.39 is 18.3 Å². The van der Waals surface area contributed by atoms with Gasteiger partial charge in [0.1, 0.15) is 0 Å². The predicted molar refractivity (Wildman–Crippen MR) is 173 cm³/mol. The van der Waals surface area contributed by atoms with Crippen molar-refractivity contribution in [1.82, 2.24) is 19.9 Å². The molecule has 0 N–H and O–H groups in total. The standard InChI is InChI=1S/C36H31BN4O2/c1-35(2)36(3,4)43-37(42-35)29-20-21-30-28(19-12-22-38-30)31(29)26-17-11-18-27(23-26)34-40-32(24-13-7-5-8-14-24)39-33(41-34)25-15-9-6-10-16-25/h5-23H,1-4H3. The quantitative estimate of drug-likeness (QED) is 0.204. The van der Waals surface area contributed by atoms with Gasteiger partial charge in [0.25, 0.3) is 0 Å². The third-order valence-corrected chi connectivity index (χ3v) is 8.43. The van der Waals surface area contributed by atoms with E-state index in [4.69, 9.17) is 24.3 Å². The summed E-state index contributed by atoms with van der Waals surface area (Å²) >= 11 is 0. The van der Waals surface area contributed by atoms with Crippen molar-refractivity contribution in [3.63, 3.8) is 0 Å². The Morgan fingerprint density at radius 3 is 1.67 bits per heavy atom. The van der Waals surface area contributed by atoms with Crippen molar-refractivity contribution < 1.29 is 9.31 Å². The van der Waals surface area contributed by atoms with Gasteiger partial charge in [-0.25, -0.2) is 15.0 Å². The molecule has 0 aliphatic carbocycles. The maximum absolute atomic E-state index is 6.53. The van der Waals surface area contributed by atoms with Crippen LogP contribution in [0.5, 0.6) is 0 Å².